The molecule has 82 valence electrons. The Morgan fingerprint density at radius 3 is 3.06 bits per heavy atom. The van der Waals surface area contributed by atoms with Gasteiger partial charge in [-0.15, -0.1) is 0 Å². The molecule has 1 aromatic rings. The Bertz CT molecular complexity index is 446. The first-order valence-corrected chi connectivity index (χ1v) is 6.38. The van der Waals surface area contributed by atoms with Crippen molar-refractivity contribution in [2.45, 2.75) is 36.5 Å². The fraction of sp³-hybridized carbons (Fsp3) is 0.385. The molecule has 3 heteroatoms. The number of rotatable bonds is 2. The van der Waals surface area contributed by atoms with Crippen molar-refractivity contribution in [3.8, 4) is 6.07 Å². The average molecular weight is 230 g/mol. The van der Waals surface area contributed by atoms with Crippen LogP contribution in [0.5, 0.6) is 0 Å². The van der Waals surface area contributed by atoms with Gasteiger partial charge in [0.1, 0.15) is 11.1 Å². The lowest BCUT2D eigenvalue weighted by molar-refractivity contribution is 0.740. The van der Waals surface area contributed by atoms with Crippen molar-refractivity contribution in [2.24, 2.45) is 0 Å². The van der Waals surface area contributed by atoms with E-state index < -0.39 is 0 Å². The first-order chi connectivity index (χ1) is 7.79. The number of aromatic nitrogens is 1. The summed E-state index contributed by atoms with van der Waals surface area (Å²) in [6, 6.07) is 5.95. The Morgan fingerprint density at radius 1 is 1.50 bits per heavy atom. The molecule has 1 aliphatic rings. The lowest BCUT2D eigenvalue weighted by Gasteiger charge is -2.15. The fourth-order valence-corrected chi connectivity index (χ4v) is 2.93. The van der Waals surface area contributed by atoms with E-state index in [1.165, 1.54) is 19.3 Å². The van der Waals surface area contributed by atoms with Crippen LogP contribution in [0.4, 0.5) is 0 Å². The maximum Gasteiger partial charge on any atom is 0.115 e. The molecule has 0 N–H and O–H groups in total. The van der Waals surface area contributed by atoms with Gasteiger partial charge in [-0.2, -0.15) is 5.26 Å². The van der Waals surface area contributed by atoms with E-state index >= 15 is 0 Å². The molecule has 1 atom stereocenters. The minimum Gasteiger partial charge on any atom is -0.245 e. The van der Waals surface area contributed by atoms with Crippen LogP contribution in [-0.2, 0) is 0 Å². The average Bonchev–Trinajstić information content (AvgIpc) is 2.31. The van der Waals surface area contributed by atoms with Gasteiger partial charge < -0.3 is 0 Å². The van der Waals surface area contributed by atoms with Crippen LogP contribution < -0.4 is 0 Å². The molecule has 0 aromatic carbocycles. The van der Waals surface area contributed by atoms with Gasteiger partial charge in [0, 0.05) is 10.9 Å². The minimum atomic E-state index is 0.482. The summed E-state index contributed by atoms with van der Waals surface area (Å²) in [7, 11) is 0. The van der Waals surface area contributed by atoms with Gasteiger partial charge in [0.05, 0.1) is 5.56 Å². The number of allylic oxidation sites excluding steroid dienone is 1. The quantitative estimate of drug-likeness (QED) is 0.730. The number of nitrogens with zero attached hydrogens (tertiary/aromatic N) is 2. The molecule has 0 amide bonds. The molecule has 1 heterocycles. The van der Waals surface area contributed by atoms with Crippen molar-refractivity contribution < 1.29 is 0 Å². The lowest BCUT2D eigenvalue weighted by Crippen LogP contribution is -2.03. The molecule has 1 aromatic heterocycles. The second-order valence-electron chi connectivity index (χ2n) is 3.93. The zero-order valence-corrected chi connectivity index (χ0v) is 10.1. The summed E-state index contributed by atoms with van der Waals surface area (Å²) in [5, 5.41) is 10.4. The van der Waals surface area contributed by atoms with Gasteiger partial charge >= 0.3 is 0 Å². The molecular formula is C13H14N2S. The summed E-state index contributed by atoms with van der Waals surface area (Å²) in [6.07, 6.45) is 8.06. The van der Waals surface area contributed by atoms with Crippen LogP contribution >= 0.6 is 11.8 Å². The Kier molecular flexibility index (Phi) is 3.63. The molecule has 2 rings (SSSR count). The van der Waals surface area contributed by atoms with Gasteiger partial charge in [-0.05, 0) is 38.3 Å². The van der Waals surface area contributed by atoms with E-state index in [0.717, 1.165) is 10.7 Å². The van der Waals surface area contributed by atoms with Crippen LogP contribution in [0, 0.1) is 18.3 Å². The lowest BCUT2D eigenvalue weighted by atomic mass is 10.1. The van der Waals surface area contributed by atoms with E-state index in [1.807, 2.05) is 19.1 Å². The first-order valence-electron chi connectivity index (χ1n) is 5.50. The largest absolute Gasteiger partial charge is 0.245 e. The number of aryl methyl sites for hydroxylation is 1. The van der Waals surface area contributed by atoms with Gasteiger partial charge in [0.2, 0.25) is 0 Å². The van der Waals surface area contributed by atoms with Crippen molar-refractivity contribution >= 4 is 11.8 Å². The maximum atomic E-state index is 9.02. The minimum absolute atomic E-state index is 0.482. The van der Waals surface area contributed by atoms with E-state index in [4.69, 9.17) is 5.26 Å². The van der Waals surface area contributed by atoms with E-state index in [2.05, 4.69) is 23.2 Å². The van der Waals surface area contributed by atoms with Crippen LogP contribution in [0.25, 0.3) is 0 Å². The van der Waals surface area contributed by atoms with Crippen LogP contribution in [0.3, 0.4) is 0 Å². The molecule has 0 spiro atoms. The molecule has 2 nitrogen and oxygen atoms in total. The molecule has 0 aliphatic heterocycles. The topological polar surface area (TPSA) is 36.7 Å². The molecule has 0 saturated heterocycles. The van der Waals surface area contributed by atoms with Crippen LogP contribution in [-0.4, -0.2) is 10.2 Å². The van der Waals surface area contributed by atoms with Crippen LogP contribution in [0.15, 0.2) is 29.3 Å². The van der Waals surface area contributed by atoms with Gasteiger partial charge in [-0.1, -0.05) is 23.9 Å². The molecule has 0 saturated carbocycles. The monoisotopic (exact) mass is 230 g/mol. The summed E-state index contributed by atoms with van der Waals surface area (Å²) in [6.45, 7) is 1.96. The maximum absolute atomic E-state index is 9.02. The number of nitriles is 1. The van der Waals surface area contributed by atoms with Crippen molar-refractivity contribution in [2.75, 3.05) is 0 Å². The number of hydrogen-bond acceptors (Lipinski definition) is 3. The second-order valence-corrected chi connectivity index (χ2v) is 5.16. The Labute approximate surface area is 100 Å². The van der Waals surface area contributed by atoms with E-state index in [1.54, 1.807) is 11.8 Å². The summed E-state index contributed by atoms with van der Waals surface area (Å²) in [4.78, 5) is 4.44. The second kappa shape index (κ2) is 5.18. The summed E-state index contributed by atoms with van der Waals surface area (Å²) < 4.78 is 0. The Morgan fingerprint density at radius 2 is 2.38 bits per heavy atom. The van der Waals surface area contributed by atoms with Gasteiger partial charge in [-0.25, -0.2) is 4.98 Å². The molecule has 16 heavy (non-hydrogen) atoms. The highest BCUT2D eigenvalue weighted by molar-refractivity contribution is 8.00. The number of hydrogen-bond donors (Lipinski definition) is 0. The molecule has 1 unspecified atom stereocenters. The third-order valence-electron chi connectivity index (χ3n) is 2.59. The van der Waals surface area contributed by atoms with Crippen LogP contribution in [0.2, 0.25) is 0 Å². The van der Waals surface area contributed by atoms with E-state index in [-0.39, 0.29) is 0 Å². The van der Waals surface area contributed by atoms with Gasteiger partial charge in [-0.3, -0.25) is 0 Å². The van der Waals surface area contributed by atoms with Gasteiger partial charge in [0.25, 0.3) is 0 Å². The van der Waals surface area contributed by atoms with E-state index in [0.29, 0.717) is 10.8 Å². The number of thioether (sulfide) groups is 1. The third kappa shape index (κ3) is 2.65. The Hall–Kier alpha value is -1.27. The van der Waals surface area contributed by atoms with E-state index in [9.17, 15) is 0 Å². The summed E-state index contributed by atoms with van der Waals surface area (Å²) in [5.41, 5.74) is 1.66. The first kappa shape index (κ1) is 11.2. The van der Waals surface area contributed by atoms with Crippen LogP contribution in [0.1, 0.15) is 30.5 Å². The third-order valence-corrected chi connectivity index (χ3v) is 3.82. The molecule has 0 radical (unpaired) electrons. The highest BCUT2D eigenvalue weighted by atomic mass is 32.2. The number of pyridine rings is 1. The molecule has 0 fully saturated rings. The summed E-state index contributed by atoms with van der Waals surface area (Å²) in [5.74, 6) is 0. The van der Waals surface area contributed by atoms with Gasteiger partial charge in [0.15, 0.2) is 0 Å². The SMILES string of the molecule is Cc1ccc(C#N)c(SC2C=CCCC2)n1. The predicted octanol–water partition coefficient (Wildman–Crippen LogP) is 3.46. The Balaban J connectivity index is 2.19. The summed E-state index contributed by atoms with van der Waals surface area (Å²) >= 11 is 1.71. The van der Waals surface area contributed by atoms with Crippen molar-refractivity contribution in [1.29, 1.82) is 5.26 Å². The molecule has 0 bridgehead atoms. The van der Waals surface area contributed by atoms with Crippen molar-refractivity contribution in [1.82, 2.24) is 4.98 Å². The van der Waals surface area contributed by atoms with Crippen molar-refractivity contribution in [3.05, 3.63) is 35.5 Å². The highest BCUT2D eigenvalue weighted by Gasteiger charge is 2.13. The van der Waals surface area contributed by atoms with Crippen molar-refractivity contribution in [3.63, 3.8) is 0 Å². The zero-order chi connectivity index (χ0) is 11.4. The highest BCUT2D eigenvalue weighted by Crippen LogP contribution is 2.30. The molecular weight excluding hydrogens is 216 g/mol. The predicted molar refractivity (Wildman–Crippen MR) is 66.3 cm³/mol. The normalized spacial score (nSPS) is 19.4. The zero-order valence-electron chi connectivity index (χ0n) is 9.31. The smallest absolute Gasteiger partial charge is 0.115 e. The molecule has 1 aliphatic carbocycles. The standard InChI is InChI=1S/C13H14N2S/c1-10-7-8-11(9-14)13(15-10)16-12-5-3-2-4-6-12/h3,5,7-8,12H,2,4,6H2,1H3. The fourth-order valence-electron chi connectivity index (χ4n) is 1.73.